The van der Waals surface area contributed by atoms with Gasteiger partial charge < -0.3 is 52.8 Å². The molecule has 6 aromatic rings. The molecule has 69 heavy (non-hydrogen) atoms. The summed E-state index contributed by atoms with van der Waals surface area (Å²) in [4.78, 5) is 0. The molecule has 0 spiro atoms. The molecular weight excluding hydrogens is 873 g/mol. The average Bonchev–Trinajstić information content (AvgIpc) is 3.76. The third kappa shape index (κ3) is 14.9. The van der Waals surface area contributed by atoms with Gasteiger partial charge in [-0.2, -0.15) is 0 Å². The number of aliphatic hydroxyl groups excluding tert-OH is 2. The van der Waals surface area contributed by atoms with Gasteiger partial charge >= 0.3 is 0 Å². The molecule has 2 heterocycles. The summed E-state index contributed by atoms with van der Waals surface area (Å²) >= 11 is 0. The van der Waals surface area contributed by atoms with Crippen LogP contribution >= 0.6 is 0 Å². The third-order valence-electron chi connectivity index (χ3n) is 12.5. The molecule has 6 aromatic carbocycles. The second-order valence-electron chi connectivity index (χ2n) is 18.2. The fourth-order valence-corrected chi connectivity index (χ4v) is 8.88. The SMILES string of the molecule is CC1(C)OC[C@@H]([C@@H](OCc2ccccc2)[C@H](OCc2ccccc2)[C@H](O)[C@@H](O)C[C@@H]2O[C@H](COCc3ccccc3)[C@@H](OCc3ccccc3)[C@H](OCc3ccccc3)[C@H]2OCc2ccccc2)O1. The van der Waals surface area contributed by atoms with E-state index in [9.17, 15) is 10.2 Å². The molecule has 0 radical (unpaired) electrons. The standard InChI is InChI=1S/C58H66O11/c1-58(2)67-41-51(69-58)55(64-37-45-27-15-6-16-28-45)56(65-38-46-29-17-7-18-30-46)52(60)48(59)33-49-53(62-35-43-23-11-4-12-24-43)57(66-39-47-31-19-8-20-32-47)54(63-36-44-25-13-5-14-26-44)50(68-49)40-61-34-42-21-9-3-10-22-42/h3-32,48-57,59-60H,33-41H2,1-2H3/t48-,49-,50+,51-,52+,53-,54+,55+,56+,57+/m0/s1. The van der Waals surface area contributed by atoms with Crippen LogP contribution in [0.4, 0.5) is 0 Å². The Morgan fingerprint density at radius 1 is 0.493 bits per heavy atom. The molecule has 2 aliphatic rings. The molecule has 0 amide bonds. The maximum absolute atomic E-state index is 12.6. The van der Waals surface area contributed by atoms with Crippen LogP contribution in [0.1, 0.15) is 53.6 Å². The van der Waals surface area contributed by atoms with Crippen LogP contribution in [0.15, 0.2) is 182 Å². The van der Waals surface area contributed by atoms with E-state index in [4.69, 9.17) is 42.6 Å². The molecule has 10 atom stereocenters. The van der Waals surface area contributed by atoms with Gasteiger partial charge in [0.2, 0.25) is 0 Å². The van der Waals surface area contributed by atoms with Gasteiger partial charge in [-0.15, -0.1) is 0 Å². The number of aliphatic hydroxyl groups is 2. The lowest BCUT2D eigenvalue weighted by atomic mass is 9.88. The summed E-state index contributed by atoms with van der Waals surface area (Å²) in [6.45, 7) is 5.47. The lowest BCUT2D eigenvalue weighted by Crippen LogP contribution is -2.62. The van der Waals surface area contributed by atoms with Crippen molar-refractivity contribution >= 4 is 0 Å². The van der Waals surface area contributed by atoms with Crippen molar-refractivity contribution in [2.75, 3.05) is 13.2 Å². The van der Waals surface area contributed by atoms with E-state index in [1.807, 2.05) is 196 Å². The maximum atomic E-state index is 12.6. The zero-order valence-electron chi connectivity index (χ0n) is 39.5. The summed E-state index contributed by atoms with van der Waals surface area (Å²) in [5.74, 6) is -0.905. The predicted octanol–water partition coefficient (Wildman–Crippen LogP) is 9.16. The molecule has 364 valence electrons. The largest absolute Gasteiger partial charge is 0.390 e. The van der Waals surface area contributed by atoms with E-state index in [0.717, 1.165) is 33.4 Å². The third-order valence-corrected chi connectivity index (χ3v) is 12.5. The van der Waals surface area contributed by atoms with Crippen molar-refractivity contribution in [3.63, 3.8) is 0 Å². The van der Waals surface area contributed by atoms with Crippen LogP contribution in [0.2, 0.25) is 0 Å². The van der Waals surface area contributed by atoms with Crippen LogP contribution < -0.4 is 0 Å². The summed E-state index contributed by atoms with van der Waals surface area (Å²) in [7, 11) is 0. The van der Waals surface area contributed by atoms with Crippen LogP contribution in [-0.4, -0.2) is 90.3 Å². The van der Waals surface area contributed by atoms with Crippen LogP contribution in [-0.2, 0) is 82.3 Å². The Labute approximate surface area is 406 Å². The van der Waals surface area contributed by atoms with Crippen LogP contribution in [0.25, 0.3) is 0 Å². The minimum atomic E-state index is -1.50. The van der Waals surface area contributed by atoms with E-state index < -0.39 is 66.8 Å². The fourth-order valence-electron chi connectivity index (χ4n) is 8.88. The molecule has 0 bridgehead atoms. The molecule has 11 heteroatoms. The molecule has 0 aromatic heterocycles. The maximum Gasteiger partial charge on any atom is 0.163 e. The number of hydrogen-bond acceptors (Lipinski definition) is 11. The van der Waals surface area contributed by atoms with E-state index in [0.29, 0.717) is 6.61 Å². The van der Waals surface area contributed by atoms with Gasteiger partial charge in [-0.3, -0.25) is 0 Å². The number of benzene rings is 6. The second-order valence-corrected chi connectivity index (χ2v) is 18.2. The van der Waals surface area contributed by atoms with E-state index >= 15 is 0 Å². The van der Waals surface area contributed by atoms with Crippen molar-refractivity contribution in [1.29, 1.82) is 0 Å². The molecule has 2 saturated heterocycles. The number of rotatable bonds is 25. The van der Waals surface area contributed by atoms with Gasteiger partial charge in [0.1, 0.15) is 48.8 Å². The molecule has 2 fully saturated rings. The van der Waals surface area contributed by atoms with Crippen molar-refractivity contribution < 1.29 is 52.8 Å². The molecular formula is C58H66O11. The smallest absolute Gasteiger partial charge is 0.163 e. The van der Waals surface area contributed by atoms with Crippen molar-refractivity contribution in [3.8, 4) is 0 Å². The normalized spacial score (nSPS) is 23.0. The average molecular weight is 939 g/mol. The van der Waals surface area contributed by atoms with E-state index in [1.54, 1.807) is 0 Å². The zero-order chi connectivity index (χ0) is 47.7. The lowest BCUT2D eigenvalue weighted by molar-refractivity contribution is -0.279. The Hall–Kier alpha value is -5.12. The molecule has 2 N–H and O–H groups in total. The van der Waals surface area contributed by atoms with E-state index in [1.165, 1.54) is 0 Å². The first-order chi connectivity index (χ1) is 33.8. The Morgan fingerprint density at radius 2 is 0.884 bits per heavy atom. The van der Waals surface area contributed by atoms with Gasteiger partial charge in [0, 0.05) is 6.42 Å². The van der Waals surface area contributed by atoms with Crippen LogP contribution in [0, 0.1) is 0 Å². The van der Waals surface area contributed by atoms with Crippen molar-refractivity contribution in [2.24, 2.45) is 0 Å². The Bertz CT molecular complexity index is 2330. The molecule has 2 aliphatic heterocycles. The molecule has 0 unspecified atom stereocenters. The summed E-state index contributed by atoms with van der Waals surface area (Å²) in [5, 5.41) is 25.2. The summed E-state index contributed by atoms with van der Waals surface area (Å²) < 4.78 is 60.1. The summed E-state index contributed by atoms with van der Waals surface area (Å²) in [6, 6.07) is 59.3. The van der Waals surface area contributed by atoms with Gasteiger partial charge in [0.15, 0.2) is 5.79 Å². The minimum absolute atomic E-state index is 0.0729. The highest BCUT2D eigenvalue weighted by molar-refractivity contribution is 5.18. The predicted molar refractivity (Wildman–Crippen MR) is 261 cm³/mol. The highest BCUT2D eigenvalue weighted by atomic mass is 16.8. The second kappa shape index (κ2) is 25.7. The number of ether oxygens (including phenoxy) is 9. The monoisotopic (exact) mass is 938 g/mol. The van der Waals surface area contributed by atoms with Gasteiger partial charge in [-0.05, 0) is 47.2 Å². The first-order valence-corrected chi connectivity index (χ1v) is 24.0. The van der Waals surface area contributed by atoms with Crippen molar-refractivity contribution in [2.45, 2.75) is 127 Å². The lowest BCUT2D eigenvalue weighted by Gasteiger charge is -2.47. The highest BCUT2D eigenvalue weighted by Crippen LogP contribution is 2.35. The molecule has 0 aliphatic carbocycles. The van der Waals surface area contributed by atoms with Crippen LogP contribution in [0.5, 0.6) is 0 Å². The van der Waals surface area contributed by atoms with Crippen molar-refractivity contribution in [1.82, 2.24) is 0 Å². The quantitative estimate of drug-likeness (QED) is 0.0572. The molecule has 11 nitrogen and oxygen atoms in total. The first-order valence-electron chi connectivity index (χ1n) is 24.0. The van der Waals surface area contributed by atoms with Crippen molar-refractivity contribution in [3.05, 3.63) is 215 Å². The van der Waals surface area contributed by atoms with Gasteiger partial charge in [0.25, 0.3) is 0 Å². The highest BCUT2D eigenvalue weighted by Gasteiger charge is 2.51. The first kappa shape index (κ1) is 50.3. The Kier molecular flexibility index (Phi) is 18.7. The summed E-state index contributed by atoms with van der Waals surface area (Å²) in [5.41, 5.74) is 5.73. The van der Waals surface area contributed by atoms with Crippen LogP contribution in [0.3, 0.4) is 0 Å². The minimum Gasteiger partial charge on any atom is -0.390 e. The number of hydrogen-bond donors (Lipinski definition) is 2. The fraction of sp³-hybridized carbons (Fsp3) is 0.379. The zero-order valence-corrected chi connectivity index (χ0v) is 39.5. The molecule has 0 saturated carbocycles. The topological polar surface area (TPSA) is 124 Å². The Morgan fingerprint density at radius 3 is 1.32 bits per heavy atom. The van der Waals surface area contributed by atoms with Gasteiger partial charge in [0.05, 0.1) is 65.1 Å². The van der Waals surface area contributed by atoms with E-state index in [2.05, 4.69) is 0 Å². The molecule has 8 rings (SSSR count). The Balaban J connectivity index is 1.12. The van der Waals surface area contributed by atoms with E-state index in [-0.39, 0.29) is 52.7 Å². The summed E-state index contributed by atoms with van der Waals surface area (Å²) in [6.07, 6.45) is -9.27. The van der Waals surface area contributed by atoms with Gasteiger partial charge in [-0.1, -0.05) is 182 Å². The van der Waals surface area contributed by atoms with Gasteiger partial charge in [-0.25, -0.2) is 0 Å².